The lowest BCUT2D eigenvalue weighted by molar-refractivity contribution is 0.126. The van der Waals surface area contributed by atoms with Crippen molar-refractivity contribution in [3.8, 4) is 12.1 Å². The van der Waals surface area contributed by atoms with E-state index >= 15 is 8.78 Å². The first-order chi connectivity index (χ1) is 22.8. The van der Waals surface area contributed by atoms with Crippen molar-refractivity contribution < 1.29 is 22.6 Å². The van der Waals surface area contributed by atoms with E-state index in [4.69, 9.17) is 20.2 Å². The molecule has 2 unspecified atom stereocenters. The molecule has 2 N–H and O–H groups in total. The van der Waals surface area contributed by atoms with Crippen LogP contribution in [0.5, 0.6) is 6.01 Å². The quantitative estimate of drug-likeness (QED) is 0.244. The van der Waals surface area contributed by atoms with Crippen molar-refractivity contribution in [2.75, 3.05) is 57.4 Å². The van der Waals surface area contributed by atoms with E-state index < -0.39 is 29.0 Å². The third-order valence-electron chi connectivity index (χ3n) is 9.28. The Kier molecular flexibility index (Phi) is 10.1. The fourth-order valence-electron chi connectivity index (χ4n) is 6.60. The zero-order chi connectivity index (χ0) is 33.1. The van der Waals surface area contributed by atoms with Crippen molar-refractivity contribution in [3.05, 3.63) is 58.7 Å². The van der Waals surface area contributed by atoms with Gasteiger partial charge in [-0.05, 0) is 37.3 Å². The molecule has 4 heterocycles. The number of pyridine rings is 1. The number of nitrogens with two attached hydrogens (primary N) is 1. The number of rotatable bonds is 13. The van der Waals surface area contributed by atoms with Crippen LogP contribution in [-0.4, -0.2) is 77.6 Å². The number of anilines is 1. The summed E-state index contributed by atoms with van der Waals surface area (Å²) in [5.41, 5.74) is 6.03. The molecule has 2 aliphatic heterocycles. The summed E-state index contributed by atoms with van der Waals surface area (Å²) in [6.45, 7) is 11.6. The first-order valence-corrected chi connectivity index (χ1v) is 17.1. The minimum absolute atomic E-state index is 0.0126. The van der Waals surface area contributed by atoms with Crippen LogP contribution in [0.3, 0.4) is 0 Å². The van der Waals surface area contributed by atoms with E-state index in [2.05, 4.69) is 34.4 Å². The van der Waals surface area contributed by atoms with E-state index in [0.29, 0.717) is 43.1 Å². The molecule has 2 fully saturated rings. The monoisotopic (exact) mass is 667 g/mol. The molecule has 2 aromatic rings. The van der Waals surface area contributed by atoms with Crippen molar-refractivity contribution in [2.24, 2.45) is 17.1 Å². The van der Waals surface area contributed by atoms with E-state index in [1.807, 2.05) is 4.90 Å². The summed E-state index contributed by atoms with van der Waals surface area (Å²) in [5, 5.41) is 9.59. The molecular weight excluding hydrogens is 627 g/mol. The number of hydrogen-bond acceptors (Lipinski definition) is 10. The summed E-state index contributed by atoms with van der Waals surface area (Å²) < 4.78 is 57.4. The summed E-state index contributed by atoms with van der Waals surface area (Å²) in [6.07, 6.45) is 7.65. The molecule has 47 heavy (non-hydrogen) atoms. The molecule has 0 radical (unpaired) electrons. The predicted molar refractivity (Wildman–Crippen MR) is 178 cm³/mol. The van der Waals surface area contributed by atoms with E-state index in [1.165, 1.54) is 18.3 Å². The Morgan fingerprint density at radius 3 is 2.85 bits per heavy atom. The van der Waals surface area contributed by atoms with Gasteiger partial charge in [0.05, 0.1) is 57.3 Å². The molecular formula is C34H40F3N7O2S. The summed E-state index contributed by atoms with van der Waals surface area (Å²) in [5.74, 6) is -0.890. The summed E-state index contributed by atoms with van der Waals surface area (Å²) in [6, 6.07) is 2.08. The number of nitriles is 1. The molecule has 6 rings (SSSR count). The fourth-order valence-corrected chi connectivity index (χ4v) is 7.78. The number of hydrogen-bond donors (Lipinski definition) is 1. The minimum atomic E-state index is -2.99. The number of ether oxygens (including phenoxy) is 2. The van der Waals surface area contributed by atoms with Crippen LogP contribution in [0, 0.1) is 22.7 Å². The van der Waals surface area contributed by atoms with Crippen molar-refractivity contribution >= 4 is 34.1 Å². The smallest absolute Gasteiger partial charge is 0.318 e. The number of thioether (sulfide) groups is 1. The first kappa shape index (κ1) is 33.3. The third-order valence-corrected chi connectivity index (χ3v) is 10.5. The van der Waals surface area contributed by atoms with Gasteiger partial charge in [0.1, 0.15) is 11.6 Å². The van der Waals surface area contributed by atoms with Gasteiger partial charge in [0.25, 0.3) is 6.43 Å². The maximum absolute atomic E-state index is 15.3. The van der Waals surface area contributed by atoms with E-state index in [0.717, 1.165) is 70.1 Å². The molecule has 0 bridgehead atoms. The van der Waals surface area contributed by atoms with Crippen LogP contribution in [0.1, 0.15) is 56.7 Å². The Labute approximate surface area is 277 Å². The molecule has 0 aromatic carbocycles. The van der Waals surface area contributed by atoms with Crippen LogP contribution >= 0.6 is 11.8 Å². The molecule has 250 valence electrons. The lowest BCUT2D eigenvalue weighted by Gasteiger charge is -2.28. The van der Waals surface area contributed by atoms with Crippen LogP contribution in [0.2, 0.25) is 0 Å². The van der Waals surface area contributed by atoms with E-state index in [9.17, 15) is 9.65 Å². The van der Waals surface area contributed by atoms with Crippen molar-refractivity contribution in [3.63, 3.8) is 0 Å². The summed E-state index contributed by atoms with van der Waals surface area (Å²) in [4.78, 5) is 18.3. The molecule has 2 atom stereocenters. The number of fused-ring (bicyclic) bond motifs is 2. The standard InChI is InChI=1S/C34H40F3N7O2S/c1-3-5-13-44(11-4-2)32-23-18-40-27(21-7-8-24(35)29-25(21)22(17-38)31(39)47-29)26(30(36)37)28(23)41-33(42-32)46-20-34(9-10-34)19-43-12-6-15-45-16-14-43/h4,7-8,18,25,29-30H,2-3,5-6,9-16,19-20,39H2,1H3. The van der Waals surface area contributed by atoms with Gasteiger partial charge in [0, 0.05) is 56.9 Å². The lowest BCUT2D eigenvalue weighted by atomic mass is 9.82. The average Bonchev–Trinajstić information content (AvgIpc) is 3.80. The normalized spacial score (nSPS) is 22.4. The number of unbranched alkanes of at least 4 members (excludes halogenated alkanes) is 1. The second-order valence-corrected chi connectivity index (χ2v) is 13.8. The molecule has 1 saturated carbocycles. The van der Waals surface area contributed by atoms with Gasteiger partial charge >= 0.3 is 6.01 Å². The molecule has 2 aromatic heterocycles. The van der Waals surface area contributed by atoms with Gasteiger partial charge in [-0.1, -0.05) is 37.3 Å². The van der Waals surface area contributed by atoms with Crippen molar-refractivity contribution in [2.45, 2.75) is 50.7 Å². The predicted octanol–water partition coefficient (Wildman–Crippen LogP) is 6.31. The van der Waals surface area contributed by atoms with Crippen LogP contribution in [0.15, 0.2) is 47.4 Å². The number of halogens is 3. The van der Waals surface area contributed by atoms with E-state index in [1.54, 1.807) is 6.08 Å². The van der Waals surface area contributed by atoms with Gasteiger partial charge in [0.2, 0.25) is 0 Å². The number of aromatic nitrogens is 3. The molecule has 4 aliphatic rings. The second kappa shape index (κ2) is 14.3. The zero-order valence-electron chi connectivity index (χ0n) is 26.6. The Bertz CT molecular complexity index is 1640. The topological polar surface area (TPSA) is 113 Å². The Morgan fingerprint density at radius 2 is 2.13 bits per heavy atom. The largest absolute Gasteiger partial charge is 0.463 e. The maximum Gasteiger partial charge on any atom is 0.318 e. The highest BCUT2D eigenvalue weighted by atomic mass is 32.2. The highest BCUT2D eigenvalue weighted by Crippen LogP contribution is 2.52. The first-order valence-electron chi connectivity index (χ1n) is 16.2. The van der Waals surface area contributed by atoms with Gasteiger partial charge in [-0.2, -0.15) is 15.2 Å². The maximum atomic E-state index is 15.3. The summed E-state index contributed by atoms with van der Waals surface area (Å²) in [7, 11) is 0. The van der Waals surface area contributed by atoms with Crippen LogP contribution < -0.4 is 15.4 Å². The average molecular weight is 668 g/mol. The molecule has 13 heteroatoms. The second-order valence-electron chi connectivity index (χ2n) is 12.6. The van der Waals surface area contributed by atoms with Gasteiger partial charge in [0.15, 0.2) is 0 Å². The Hall–Kier alpha value is -3.60. The molecule has 9 nitrogen and oxygen atoms in total. The van der Waals surface area contributed by atoms with Gasteiger partial charge in [-0.25, -0.2) is 13.2 Å². The minimum Gasteiger partial charge on any atom is -0.463 e. The molecule has 2 aliphatic carbocycles. The zero-order valence-corrected chi connectivity index (χ0v) is 27.4. The number of alkyl halides is 2. The highest BCUT2D eigenvalue weighted by Gasteiger charge is 2.46. The van der Waals surface area contributed by atoms with Crippen LogP contribution in [-0.2, 0) is 4.74 Å². The Morgan fingerprint density at radius 1 is 1.30 bits per heavy atom. The highest BCUT2D eigenvalue weighted by molar-refractivity contribution is 8.04. The Balaban J connectivity index is 1.43. The fraction of sp³-hybridized carbons (Fsp3) is 0.529. The number of nitrogens with zero attached hydrogens (tertiary/aromatic N) is 6. The SMILES string of the molecule is C=CCN(CCCC)c1nc(OCC2(CN3CCCOCC3)CC2)nc2c(C(F)F)c(C3=CC=C(F)C4SC(N)=C(C#N)C34)ncc12. The molecule has 1 saturated heterocycles. The van der Waals surface area contributed by atoms with Crippen molar-refractivity contribution in [1.82, 2.24) is 19.9 Å². The van der Waals surface area contributed by atoms with E-state index in [-0.39, 0.29) is 33.2 Å². The lowest BCUT2D eigenvalue weighted by Crippen LogP contribution is -2.35. The summed E-state index contributed by atoms with van der Waals surface area (Å²) >= 11 is 1.02. The van der Waals surface area contributed by atoms with Crippen LogP contribution in [0.4, 0.5) is 19.0 Å². The number of allylic oxidation sites excluding steroid dienone is 4. The van der Waals surface area contributed by atoms with Crippen molar-refractivity contribution in [1.29, 1.82) is 5.26 Å². The molecule has 0 amide bonds. The van der Waals surface area contributed by atoms with Gasteiger partial charge < -0.3 is 25.0 Å². The molecule has 0 spiro atoms. The third kappa shape index (κ3) is 6.87. The van der Waals surface area contributed by atoms with Gasteiger partial charge in [-0.15, -0.1) is 6.58 Å². The van der Waals surface area contributed by atoms with Crippen LogP contribution in [0.25, 0.3) is 16.5 Å². The van der Waals surface area contributed by atoms with Gasteiger partial charge in [-0.3, -0.25) is 4.98 Å².